The van der Waals surface area contributed by atoms with E-state index in [4.69, 9.17) is 0 Å². The molecule has 0 saturated carbocycles. The van der Waals surface area contributed by atoms with Crippen LogP contribution in [0.15, 0.2) is 49.1 Å². The van der Waals surface area contributed by atoms with Gasteiger partial charge >= 0.3 is 0 Å². The van der Waals surface area contributed by atoms with Gasteiger partial charge in [-0.2, -0.15) is 0 Å². The molecule has 96 valence electrons. The van der Waals surface area contributed by atoms with E-state index >= 15 is 0 Å². The number of fused-ring (bicyclic) bond motifs is 1. The molecule has 0 spiro atoms. The Morgan fingerprint density at radius 1 is 1.21 bits per heavy atom. The normalized spacial score (nSPS) is 12.7. The highest BCUT2D eigenvalue weighted by Gasteiger charge is 2.08. The summed E-state index contributed by atoms with van der Waals surface area (Å²) in [4.78, 5) is 13.0. The number of rotatable bonds is 4. The van der Waals surface area contributed by atoms with Gasteiger partial charge in [0, 0.05) is 31.3 Å². The first kappa shape index (κ1) is 11.8. The summed E-state index contributed by atoms with van der Waals surface area (Å²) in [6.45, 7) is 2.74. The van der Waals surface area contributed by atoms with Crippen molar-refractivity contribution < 1.29 is 0 Å². The van der Waals surface area contributed by atoms with E-state index in [1.54, 1.807) is 12.4 Å². The molecule has 0 aliphatic carbocycles. The van der Waals surface area contributed by atoms with Crippen LogP contribution in [0.5, 0.6) is 0 Å². The molecule has 1 N–H and O–H groups in total. The lowest BCUT2D eigenvalue weighted by Gasteiger charge is -2.10. The zero-order valence-electron chi connectivity index (χ0n) is 10.7. The van der Waals surface area contributed by atoms with Gasteiger partial charge < -0.3 is 9.72 Å². The molecule has 0 aliphatic rings. The standard InChI is InChI=1S/C14H15N5/c1-11(14-15-6-4-7-16-14)17-9-12-10-19-8-3-2-5-13(19)18-12/h2-8,10-11,17H,9H2,1H3. The number of nitrogens with zero attached hydrogens (tertiary/aromatic N) is 4. The molecule has 0 amide bonds. The molecule has 0 bridgehead atoms. The van der Waals surface area contributed by atoms with Gasteiger partial charge in [0.25, 0.3) is 0 Å². The Kier molecular flexibility index (Phi) is 3.20. The van der Waals surface area contributed by atoms with Crippen LogP contribution in [0.4, 0.5) is 0 Å². The summed E-state index contributed by atoms with van der Waals surface area (Å²) >= 11 is 0. The molecule has 0 aromatic carbocycles. The second-order valence-corrected chi connectivity index (χ2v) is 4.41. The maximum absolute atomic E-state index is 4.54. The number of hydrogen-bond acceptors (Lipinski definition) is 4. The minimum absolute atomic E-state index is 0.103. The molecular formula is C14H15N5. The van der Waals surface area contributed by atoms with Crippen molar-refractivity contribution >= 4 is 5.65 Å². The highest BCUT2D eigenvalue weighted by atomic mass is 15.0. The molecular weight excluding hydrogens is 238 g/mol. The quantitative estimate of drug-likeness (QED) is 0.772. The Hall–Kier alpha value is -2.27. The second kappa shape index (κ2) is 5.16. The first-order valence-corrected chi connectivity index (χ1v) is 6.26. The number of imidazole rings is 1. The predicted molar refractivity (Wildman–Crippen MR) is 72.5 cm³/mol. The molecule has 0 aliphatic heterocycles. The van der Waals surface area contributed by atoms with E-state index < -0.39 is 0 Å². The van der Waals surface area contributed by atoms with Gasteiger partial charge in [0.15, 0.2) is 0 Å². The van der Waals surface area contributed by atoms with Crippen LogP contribution in [0.2, 0.25) is 0 Å². The number of aromatic nitrogens is 4. The summed E-state index contributed by atoms with van der Waals surface area (Å²) < 4.78 is 2.01. The highest BCUT2D eigenvalue weighted by Crippen LogP contribution is 2.08. The van der Waals surface area contributed by atoms with Crippen molar-refractivity contribution in [3.8, 4) is 0 Å². The Balaban J connectivity index is 1.69. The second-order valence-electron chi connectivity index (χ2n) is 4.41. The first-order chi connectivity index (χ1) is 9.33. The van der Waals surface area contributed by atoms with Crippen molar-refractivity contribution in [2.24, 2.45) is 0 Å². The fraction of sp³-hybridized carbons (Fsp3) is 0.214. The average Bonchev–Trinajstić information content (AvgIpc) is 2.88. The summed E-state index contributed by atoms with van der Waals surface area (Å²) in [7, 11) is 0. The molecule has 3 rings (SSSR count). The molecule has 0 saturated heterocycles. The van der Waals surface area contributed by atoms with E-state index in [-0.39, 0.29) is 6.04 Å². The highest BCUT2D eigenvalue weighted by molar-refractivity contribution is 5.39. The van der Waals surface area contributed by atoms with Gasteiger partial charge in [-0.1, -0.05) is 6.07 Å². The Morgan fingerprint density at radius 2 is 2.05 bits per heavy atom. The lowest BCUT2D eigenvalue weighted by Crippen LogP contribution is -2.20. The Morgan fingerprint density at radius 3 is 2.84 bits per heavy atom. The van der Waals surface area contributed by atoms with E-state index in [0.29, 0.717) is 6.54 Å². The SMILES string of the molecule is CC(NCc1cn2ccccc2n1)c1ncccn1. The predicted octanol–water partition coefficient (Wildman–Crippen LogP) is 1.98. The maximum atomic E-state index is 4.54. The zero-order valence-corrected chi connectivity index (χ0v) is 10.7. The Bertz CT molecular complexity index is 629. The molecule has 0 fully saturated rings. The van der Waals surface area contributed by atoms with Crippen molar-refractivity contribution in [2.75, 3.05) is 0 Å². The smallest absolute Gasteiger partial charge is 0.144 e. The van der Waals surface area contributed by atoms with Crippen LogP contribution in [0, 0.1) is 0 Å². The molecule has 19 heavy (non-hydrogen) atoms. The lowest BCUT2D eigenvalue weighted by molar-refractivity contribution is 0.541. The fourth-order valence-corrected chi connectivity index (χ4v) is 1.96. The summed E-state index contributed by atoms with van der Waals surface area (Å²) in [5.74, 6) is 0.797. The minimum Gasteiger partial charge on any atom is -0.307 e. The van der Waals surface area contributed by atoms with E-state index in [9.17, 15) is 0 Å². The van der Waals surface area contributed by atoms with Crippen LogP contribution in [0.25, 0.3) is 5.65 Å². The first-order valence-electron chi connectivity index (χ1n) is 6.26. The van der Waals surface area contributed by atoms with Crippen LogP contribution in [0.1, 0.15) is 24.5 Å². The molecule has 1 unspecified atom stereocenters. The average molecular weight is 253 g/mol. The monoisotopic (exact) mass is 253 g/mol. The topological polar surface area (TPSA) is 55.1 Å². The van der Waals surface area contributed by atoms with Gasteiger partial charge in [0.2, 0.25) is 0 Å². The van der Waals surface area contributed by atoms with Gasteiger partial charge in [0.1, 0.15) is 11.5 Å². The largest absolute Gasteiger partial charge is 0.307 e. The molecule has 3 aromatic rings. The van der Waals surface area contributed by atoms with Crippen molar-refractivity contribution in [1.29, 1.82) is 0 Å². The van der Waals surface area contributed by atoms with E-state index in [2.05, 4.69) is 20.3 Å². The van der Waals surface area contributed by atoms with Crippen LogP contribution in [-0.2, 0) is 6.54 Å². The van der Waals surface area contributed by atoms with E-state index in [0.717, 1.165) is 17.2 Å². The summed E-state index contributed by atoms with van der Waals surface area (Å²) in [5, 5.41) is 3.38. The number of hydrogen-bond donors (Lipinski definition) is 1. The molecule has 0 radical (unpaired) electrons. The maximum Gasteiger partial charge on any atom is 0.144 e. The fourth-order valence-electron chi connectivity index (χ4n) is 1.96. The number of nitrogens with one attached hydrogen (secondary N) is 1. The van der Waals surface area contributed by atoms with Crippen molar-refractivity contribution in [3.05, 3.63) is 60.6 Å². The lowest BCUT2D eigenvalue weighted by atomic mass is 10.3. The van der Waals surface area contributed by atoms with Crippen molar-refractivity contribution in [3.63, 3.8) is 0 Å². The van der Waals surface area contributed by atoms with Crippen LogP contribution in [0.3, 0.4) is 0 Å². The Labute approximate surface area is 111 Å². The van der Waals surface area contributed by atoms with Crippen molar-refractivity contribution in [1.82, 2.24) is 24.7 Å². The minimum atomic E-state index is 0.103. The van der Waals surface area contributed by atoms with Gasteiger partial charge in [-0.15, -0.1) is 0 Å². The molecule has 3 heterocycles. The van der Waals surface area contributed by atoms with E-state index in [1.807, 2.05) is 48.0 Å². The van der Waals surface area contributed by atoms with Crippen molar-refractivity contribution in [2.45, 2.75) is 19.5 Å². The summed E-state index contributed by atoms with van der Waals surface area (Å²) in [5.41, 5.74) is 1.97. The molecule has 3 aromatic heterocycles. The van der Waals surface area contributed by atoms with Crippen LogP contribution >= 0.6 is 0 Å². The van der Waals surface area contributed by atoms with Crippen LogP contribution < -0.4 is 5.32 Å². The number of pyridine rings is 1. The molecule has 5 nitrogen and oxygen atoms in total. The summed E-state index contributed by atoms with van der Waals surface area (Å²) in [6, 6.07) is 7.89. The summed E-state index contributed by atoms with van der Waals surface area (Å²) in [6.07, 6.45) is 7.54. The molecule has 1 atom stereocenters. The van der Waals surface area contributed by atoms with E-state index in [1.165, 1.54) is 0 Å². The van der Waals surface area contributed by atoms with Gasteiger partial charge in [0.05, 0.1) is 11.7 Å². The van der Waals surface area contributed by atoms with Gasteiger partial charge in [-0.25, -0.2) is 15.0 Å². The third-order valence-electron chi connectivity index (χ3n) is 2.98. The third-order valence-corrected chi connectivity index (χ3v) is 2.98. The third kappa shape index (κ3) is 2.61. The zero-order chi connectivity index (χ0) is 13.1. The van der Waals surface area contributed by atoms with Gasteiger partial charge in [-0.3, -0.25) is 0 Å². The molecule has 5 heteroatoms. The van der Waals surface area contributed by atoms with Gasteiger partial charge in [-0.05, 0) is 25.1 Å². The van der Waals surface area contributed by atoms with Crippen LogP contribution in [-0.4, -0.2) is 19.4 Å².